The van der Waals surface area contributed by atoms with Crippen molar-refractivity contribution in [1.29, 1.82) is 0 Å². The van der Waals surface area contributed by atoms with Crippen molar-refractivity contribution in [2.24, 2.45) is 0 Å². The Balaban J connectivity index is 2.66. The van der Waals surface area contributed by atoms with E-state index in [2.05, 4.69) is 29.4 Å². The smallest absolute Gasteiger partial charge is 0.127 e. The number of hydrogen-bond donors (Lipinski definition) is 1. The van der Waals surface area contributed by atoms with Crippen LogP contribution in [0.2, 0.25) is 0 Å². The minimum absolute atomic E-state index is 0.935. The summed E-state index contributed by atoms with van der Waals surface area (Å²) in [7, 11) is 1.88. The van der Waals surface area contributed by atoms with Gasteiger partial charge in [-0.3, -0.25) is 0 Å². The van der Waals surface area contributed by atoms with Gasteiger partial charge in [0, 0.05) is 28.2 Å². The molecule has 2 rings (SSSR count). The first-order valence-corrected chi connectivity index (χ1v) is 4.65. The van der Waals surface area contributed by atoms with E-state index >= 15 is 0 Å². The monoisotopic (exact) mass is 178 g/mol. The Morgan fingerprint density at radius 2 is 2.25 bits per heavy atom. The van der Waals surface area contributed by atoms with Gasteiger partial charge < -0.3 is 5.32 Å². The van der Waals surface area contributed by atoms with Gasteiger partial charge in [-0.2, -0.15) is 0 Å². The molecule has 0 radical (unpaired) electrons. The Morgan fingerprint density at radius 3 is 3.00 bits per heavy atom. The van der Waals surface area contributed by atoms with Crippen LogP contribution < -0.4 is 5.32 Å². The predicted molar refractivity (Wildman–Crippen MR) is 53.9 cm³/mol. The molecule has 0 aliphatic carbocycles. The number of hydrogen-bond acceptors (Lipinski definition) is 3. The fourth-order valence-electron chi connectivity index (χ4n) is 1.20. The minimum atomic E-state index is 0.935. The summed E-state index contributed by atoms with van der Waals surface area (Å²) < 4.78 is 1.30. The van der Waals surface area contributed by atoms with Crippen LogP contribution in [0, 0.1) is 6.92 Å². The van der Waals surface area contributed by atoms with Crippen LogP contribution in [-0.4, -0.2) is 12.0 Å². The van der Waals surface area contributed by atoms with Crippen molar-refractivity contribution in [2.75, 3.05) is 12.4 Å². The molecule has 2 aromatic heterocycles. The lowest BCUT2D eigenvalue weighted by atomic mass is 10.3. The summed E-state index contributed by atoms with van der Waals surface area (Å²) in [6.45, 7) is 2.11. The Kier molecular flexibility index (Phi) is 1.73. The molecule has 0 aliphatic heterocycles. The van der Waals surface area contributed by atoms with E-state index < -0.39 is 0 Å². The molecule has 12 heavy (non-hydrogen) atoms. The van der Waals surface area contributed by atoms with Crippen LogP contribution in [0.1, 0.15) is 4.88 Å². The lowest BCUT2D eigenvalue weighted by molar-refractivity contribution is 1.32. The number of aromatic nitrogens is 1. The third-order valence-corrected chi connectivity index (χ3v) is 2.79. The first-order chi connectivity index (χ1) is 5.79. The van der Waals surface area contributed by atoms with E-state index in [0.29, 0.717) is 0 Å². The molecule has 0 saturated heterocycles. The largest absolute Gasteiger partial charge is 0.373 e. The maximum absolute atomic E-state index is 4.23. The van der Waals surface area contributed by atoms with Crippen LogP contribution in [0.3, 0.4) is 0 Å². The number of aryl methyl sites for hydroxylation is 1. The zero-order valence-electron chi connectivity index (χ0n) is 7.09. The lowest BCUT2D eigenvalue weighted by Gasteiger charge is -1.96. The van der Waals surface area contributed by atoms with Crippen LogP contribution in [0.5, 0.6) is 0 Å². The summed E-state index contributed by atoms with van der Waals surface area (Å²) in [6, 6.07) is 4.24. The van der Waals surface area contributed by atoms with Crippen molar-refractivity contribution in [1.82, 2.24) is 4.98 Å². The summed E-state index contributed by atoms with van der Waals surface area (Å²) >= 11 is 1.80. The fourth-order valence-corrected chi connectivity index (χ4v) is 2.14. The highest BCUT2D eigenvalue weighted by molar-refractivity contribution is 7.19. The van der Waals surface area contributed by atoms with Crippen LogP contribution >= 0.6 is 11.3 Å². The second-order valence-corrected chi connectivity index (χ2v) is 4.00. The molecule has 1 N–H and O–H groups in total. The highest BCUT2D eigenvalue weighted by Crippen LogP contribution is 2.25. The molecule has 2 nitrogen and oxygen atoms in total. The number of nitrogens with zero attached hydrogens (tertiary/aromatic N) is 1. The average Bonchev–Trinajstić information content (AvgIpc) is 2.43. The minimum Gasteiger partial charge on any atom is -0.373 e. The highest BCUT2D eigenvalue weighted by Gasteiger charge is 1.99. The molecule has 0 aromatic carbocycles. The molecule has 2 aromatic rings. The van der Waals surface area contributed by atoms with Crippen molar-refractivity contribution in [2.45, 2.75) is 6.92 Å². The van der Waals surface area contributed by atoms with Crippen LogP contribution in [-0.2, 0) is 0 Å². The van der Waals surface area contributed by atoms with E-state index in [1.54, 1.807) is 11.3 Å². The molecule has 0 spiro atoms. The van der Waals surface area contributed by atoms with Crippen molar-refractivity contribution < 1.29 is 0 Å². The second kappa shape index (κ2) is 2.75. The van der Waals surface area contributed by atoms with Gasteiger partial charge >= 0.3 is 0 Å². The molecule has 0 bridgehead atoms. The number of rotatable bonds is 1. The summed E-state index contributed by atoms with van der Waals surface area (Å²) in [5.41, 5.74) is 0. The molecule has 0 aliphatic rings. The topological polar surface area (TPSA) is 24.9 Å². The van der Waals surface area contributed by atoms with Crippen molar-refractivity contribution in [3.05, 3.63) is 23.2 Å². The number of anilines is 1. The van der Waals surface area contributed by atoms with Gasteiger partial charge in [-0.1, -0.05) is 0 Å². The Labute approximate surface area is 75.3 Å². The van der Waals surface area contributed by atoms with E-state index in [-0.39, 0.29) is 0 Å². The first kappa shape index (κ1) is 7.55. The van der Waals surface area contributed by atoms with Gasteiger partial charge in [0.1, 0.15) is 5.82 Å². The third-order valence-electron chi connectivity index (χ3n) is 1.78. The summed E-state index contributed by atoms with van der Waals surface area (Å²) in [6.07, 6.45) is 1.91. The standard InChI is InChI=1S/C9H10N2S/c1-6-3-7-5-11-9(10-2)4-8(7)12-6/h3-5H,1-2H3,(H,10,11). The summed E-state index contributed by atoms with van der Waals surface area (Å²) in [5, 5.41) is 4.26. The molecule has 62 valence electrons. The molecule has 0 unspecified atom stereocenters. The van der Waals surface area contributed by atoms with Crippen molar-refractivity contribution >= 4 is 27.2 Å². The maximum atomic E-state index is 4.23. The summed E-state index contributed by atoms with van der Waals surface area (Å²) in [4.78, 5) is 5.57. The number of thiophene rings is 1. The van der Waals surface area contributed by atoms with E-state index in [0.717, 1.165) is 5.82 Å². The average molecular weight is 178 g/mol. The van der Waals surface area contributed by atoms with Gasteiger partial charge in [0.25, 0.3) is 0 Å². The van der Waals surface area contributed by atoms with Gasteiger partial charge in [0.2, 0.25) is 0 Å². The van der Waals surface area contributed by atoms with Gasteiger partial charge in [0.15, 0.2) is 0 Å². The maximum Gasteiger partial charge on any atom is 0.127 e. The Hall–Kier alpha value is -1.09. The molecule has 0 fully saturated rings. The molecule has 0 saturated carbocycles. The molecular weight excluding hydrogens is 168 g/mol. The number of nitrogens with one attached hydrogen (secondary N) is 1. The fraction of sp³-hybridized carbons (Fsp3) is 0.222. The Morgan fingerprint density at radius 1 is 1.42 bits per heavy atom. The molecule has 0 atom stereocenters. The van der Waals surface area contributed by atoms with Crippen LogP contribution in [0.15, 0.2) is 18.3 Å². The van der Waals surface area contributed by atoms with E-state index in [1.165, 1.54) is 15.0 Å². The zero-order valence-corrected chi connectivity index (χ0v) is 7.90. The molecule has 2 heterocycles. The SMILES string of the molecule is CNc1cc2sc(C)cc2cn1. The van der Waals surface area contributed by atoms with Gasteiger partial charge in [-0.15, -0.1) is 11.3 Å². The predicted octanol–water partition coefficient (Wildman–Crippen LogP) is 2.65. The lowest BCUT2D eigenvalue weighted by Crippen LogP contribution is -1.89. The molecular formula is C9H10N2S. The quantitative estimate of drug-likeness (QED) is 0.726. The highest BCUT2D eigenvalue weighted by atomic mass is 32.1. The van der Waals surface area contributed by atoms with Gasteiger partial charge in [-0.25, -0.2) is 4.98 Å². The Bertz CT molecular complexity index is 406. The number of fused-ring (bicyclic) bond motifs is 1. The molecule has 0 amide bonds. The molecule has 3 heteroatoms. The second-order valence-electron chi connectivity index (χ2n) is 2.71. The summed E-state index contributed by atoms with van der Waals surface area (Å²) in [5.74, 6) is 0.935. The van der Waals surface area contributed by atoms with E-state index in [4.69, 9.17) is 0 Å². The number of pyridine rings is 1. The van der Waals surface area contributed by atoms with Crippen LogP contribution in [0.25, 0.3) is 10.1 Å². The normalized spacial score (nSPS) is 10.5. The van der Waals surface area contributed by atoms with E-state index in [1.807, 2.05) is 13.2 Å². The van der Waals surface area contributed by atoms with E-state index in [9.17, 15) is 0 Å². The van der Waals surface area contributed by atoms with Crippen molar-refractivity contribution in [3.63, 3.8) is 0 Å². The van der Waals surface area contributed by atoms with Gasteiger partial charge in [0.05, 0.1) is 0 Å². The van der Waals surface area contributed by atoms with Crippen LogP contribution in [0.4, 0.5) is 5.82 Å². The van der Waals surface area contributed by atoms with Crippen molar-refractivity contribution in [3.8, 4) is 0 Å². The van der Waals surface area contributed by atoms with Gasteiger partial charge in [-0.05, 0) is 19.1 Å². The third kappa shape index (κ3) is 1.16. The zero-order chi connectivity index (χ0) is 8.55. The first-order valence-electron chi connectivity index (χ1n) is 3.83.